The van der Waals surface area contributed by atoms with Gasteiger partial charge < -0.3 is 9.38 Å². The highest BCUT2D eigenvalue weighted by atomic mass is 32.1. The van der Waals surface area contributed by atoms with E-state index < -0.39 is 0 Å². The van der Waals surface area contributed by atoms with Crippen LogP contribution in [0.4, 0.5) is 11.4 Å². The molecule has 0 atom stereocenters. The van der Waals surface area contributed by atoms with Gasteiger partial charge in [-0.25, -0.2) is 0 Å². The van der Waals surface area contributed by atoms with Crippen molar-refractivity contribution in [1.29, 1.82) is 0 Å². The number of hydrogen-bond acceptors (Lipinski definition) is 4. The summed E-state index contributed by atoms with van der Waals surface area (Å²) in [5, 5.41) is 11.1. The maximum atomic E-state index is 2.80. The molecule has 4 aliphatic rings. The van der Waals surface area contributed by atoms with Crippen LogP contribution in [0.3, 0.4) is 0 Å². The SMILES string of the molecule is CC(C)(C)c1ccc(N2B3c4cc5sc6ccccc6c5cc4-n4c5cc6c(cc5c5c7c(sc8ccccc87)c(c3c54)-c3cc4sc5cc7c(cc5c4cc32)C(C)(C)CCC7(C)C)C(C)(C)CCC6(C)C)cc1. The fraction of sp³-hybridized carbons (Fsp3) is 0.294. The number of rotatable bonds is 1. The number of hydrogen-bond donors (Lipinski definition) is 0. The van der Waals surface area contributed by atoms with Crippen LogP contribution >= 0.6 is 34.0 Å². The predicted molar refractivity (Wildman–Crippen MR) is 328 cm³/mol. The molecular formula is C68H61BN2S3. The van der Waals surface area contributed by atoms with Gasteiger partial charge in [0.15, 0.2) is 0 Å². The summed E-state index contributed by atoms with van der Waals surface area (Å²) in [6.07, 6.45) is 4.77. The van der Waals surface area contributed by atoms with E-state index in [1.807, 2.05) is 34.0 Å². The largest absolute Gasteiger partial charge is 0.376 e. The van der Waals surface area contributed by atoms with Crippen molar-refractivity contribution < 1.29 is 0 Å². The minimum absolute atomic E-state index is 0.0283. The zero-order valence-electron chi connectivity index (χ0n) is 44.6. The van der Waals surface area contributed by atoms with Crippen LogP contribution in [0.1, 0.15) is 130 Å². The van der Waals surface area contributed by atoms with Gasteiger partial charge in [0.05, 0.1) is 11.0 Å². The molecule has 74 heavy (non-hydrogen) atoms. The Labute approximate surface area is 446 Å². The van der Waals surface area contributed by atoms with Crippen molar-refractivity contribution in [2.24, 2.45) is 0 Å². The van der Waals surface area contributed by atoms with Crippen LogP contribution < -0.4 is 15.7 Å². The molecule has 16 rings (SSSR count). The molecule has 0 N–H and O–H groups in total. The number of benzene rings is 8. The summed E-state index contributed by atoms with van der Waals surface area (Å²) in [6.45, 7) is 26.8. The number of fused-ring (bicyclic) bond motifs is 21. The van der Waals surface area contributed by atoms with E-state index in [0.29, 0.717) is 0 Å². The van der Waals surface area contributed by atoms with Crippen LogP contribution in [0.15, 0.2) is 121 Å². The van der Waals surface area contributed by atoms with Gasteiger partial charge in [-0.05, 0) is 164 Å². The molecule has 4 aromatic heterocycles. The summed E-state index contributed by atoms with van der Waals surface area (Å²) in [5.41, 5.74) is 20.1. The first kappa shape index (κ1) is 44.4. The summed E-state index contributed by atoms with van der Waals surface area (Å²) < 4.78 is 11.0. The van der Waals surface area contributed by atoms with Crippen molar-refractivity contribution in [2.75, 3.05) is 4.81 Å². The molecule has 0 saturated heterocycles. The maximum absolute atomic E-state index is 2.80. The molecule has 8 aromatic carbocycles. The van der Waals surface area contributed by atoms with Crippen LogP contribution in [-0.4, -0.2) is 11.4 Å². The third kappa shape index (κ3) is 5.68. The lowest BCUT2D eigenvalue weighted by atomic mass is 9.44. The lowest BCUT2D eigenvalue weighted by Gasteiger charge is -2.42. The van der Waals surface area contributed by atoms with E-state index >= 15 is 0 Å². The van der Waals surface area contributed by atoms with Gasteiger partial charge in [-0.3, -0.25) is 0 Å². The molecule has 364 valence electrons. The summed E-state index contributed by atoms with van der Waals surface area (Å²) >= 11 is 5.98. The van der Waals surface area contributed by atoms with Gasteiger partial charge in [0, 0.05) is 99.5 Å². The second-order valence-corrected chi connectivity index (χ2v) is 29.8. The molecule has 0 spiro atoms. The highest BCUT2D eigenvalue weighted by Crippen LogP contribution is 2.57. The van der Waals surface area contributed by atoms with Gasteiger partial charge in [-0.15, -0.1) is 34.0 Å². The van der Waals surface area contributed by atoms with Crippen LogP contribution in [0, 0.1) is 0 Å². The summed E-state index contributed by atoms with van der Waals surface area (Å²) in [4.78, 5) is 2.80. The quantitative estimate of drug-likeness (QED) is 0.149. The smallest absolute Gasteiger partial charge is 0.333 e. The first-order chi connectivity index (χ1) is 35.3. The van der Waals surface area contributed by atoms with Gasteiger partial charge in [0.1, 0.15) is 0 Å². The van der Waals surface area contributed by atoms with Crippen LogP contribution in [-0.2, 0) is 27.1 Å². The third-order valence-corrected chi connectivity index (χ3v) is 22.7. The zero-order valence-corrected chi connectivity index (χ0v) is 47.0. The Hall–Kier alpha value is -5.92. The van der Waals surface area contributed by atoms with Crippen molar-refractivity contribution >= 4 is 145 Å². The van der Waals surface area contributed by atoms with Crippen LogP contribution in [0.5, 0.6) is 0 Å². The molecule has 0 saturated carbocycles. The second-order valence-electron chi connectivity index (χ2n) is 26.5. The first-order valence-corrected chi connectivity index (χ1v) is 29.6. The normalized spacial score (nSPS) is 18.1. The molecule has 0 fully saturated rings. The highest BCUT2D eigenvalue weighted by Gasteiger charge is 2.47. The second kappa shape index (κ2) is 14.1. The topological polar surface area (TPSA) is 8.17 Å². The Morgan fingerprint density at radius 2 is 1.00 bits per heavy atom. The number of nitrogens with zero attached hydrogens (tertiary/aromatic N) is 2. The van der Waals surface area contributed by atoms with Gasteiger partial charge in [-0.2, -0.15) is 0 Å². The Kier molecular flexibility index (Phi) is 8.46. The van der Waals surface area contributed by atoms with Crippen molar-refractivity contribution in [3.8, 4) is 16.8 Å². The molecule has 0 unspecified atom stereocenters. The highest BCUT2D eigenvalue weighted by molar-refractivity contribution is 7.27. The Morgan fingerprint density at radius 1 is 0.473 bits per heavy atom. The van der Waals surface area contributed by atoms with E-state index in [0.717, 1.165) is 0 Å². The monoisotopic (exact) mass is 1010 g/mol. The Bertz CT molecular complexity index is 4540. The van der Waals surface area contributed by atoms with E-state index in [1.165, 1.54) is 175 Å². The van der Waals surface area contributed by atoms with Crippen molar-refractivity contribution in [2.45, 2.75) is 129 Å². The predicted octanol–water partition coefficient (Wildman–Crippen LogP) is 19.1. The molecule has 6 heteroatoms. The maximum Gasteiger partial charge on any atom is 0.333 e. The molecule has 2 aliphatic carbocycles. The number of thiophene rings is 3. The molecule has 12 aromatic rings. The van der Waals surface area contributed by atoms with Crippen molar-refractivity contribution in [3.63, 3.8) is 0 Å². The molecular weight excluding hydrogens is 952 g/mol. The van der Waals surface area contributed by atoms with E-state index in [4.69, 9.17) is 0 Å². The van der Waals surface area contributed by atoms with Gasteiger partial charge in [-0.1, -0.05) is 125 Å². The summed E-state index contributed by atoms with van der Waals surface area (Å²) in [7, 11) is 0. The van der Waals surface area contributed by atoms with E-state index in [-0.39, 0.29) is 33.9 Å². The number of anilines is 2. The molecule has 2 nitrogen and oxygen atoms in total. The fourth-order valence-corrected chi connectivity index (χ4v) is 18.3. The van der Waals surface area contributed by atoms with E-state index in [2.05, 4.69) is 207 Å². The van der Waals surface area contributed by atoms with Crippen molar-refractivity contribution in [1.82, 2.24) is 4.57 Å². The molecule has 6 heterocycles. The van der Waals surface area contributed by atoms with Gasteiger partial charge in [0.2, 0.25) is 0 Å². The third-order valence-electron chi connectivity index (χ3n) is 19.2. The Balaban J connectivity index is 1.13. The van der Waals surface area contributed by atoms with Crippen LogP contribution in [0.25, 0.3) is 99.1 Å². The molecule has 0 bridgehead atoms. The lowest BCUT2D eigenvalue weighted by Crippen LogP contribution is -2.60. The standard InChI is InChI=1S/C68H61BN2S3/c1-64(2,3)36-20-22-37(23-21-36)71-51-30-42-40-28-45-48(68(10,11)27-25-65(45,4)5)34-56(40)73-55(42)32-44(51)60-61-62-58(59-39-17-13-15-19-54(39)74-63(59)60)43-29-46-47(67(8,9)26-24-66(46,6)7)33-50(43)70(62)52-31-41-38-16-12-14-18-53(38)72-57(41)35-49(52)69(61)71/h12-23,28-35H,24-27H2,1-11H3. The number of aromatic nitrogens is 1. The fourth-order valence-electron chi connectivity index (χ4n) is 14.8. The molecule has 0 amide bonds. The lowest BCUT2D eigenvalue weighted by molar-refractivity contribution is 0.332. The minimum atomic E-state index is -0.0890. The van der Waals surface area contributed by atoms with Gasteiger partial charge in [0.25, 0.3) is 0 Å². The zero-order chi connectivity index (χ0) is 50.5. The molecule has 2 aliphatic heterocycles. The minimum Gasteiger partial charge on any atom is -0.376 e. The van der Waals surface area contributed by atoms with E-state index in [1.54, 1.807) is 0 Å². The van der Waals surface area contributed by atoms with E-state index in [9.17, 15) is 0 Å². The average molecular weight is 1010 g/mol. The summed E-state index contributed by atoms with van der Waals surface area (Å²) in [6, 6.07) is 49.2. The molecule has 0 radical (unpaired) electrons. The first-order valence-electron chi connectivity index (χ1n) is 27.2. The Morgan fingerprint density at radius 3 is 1.68 bits per heavy atom. The van der Waals surface area contributed by atoms with Crippen molar-refractivity contribution in [3.05, 3.63) is 149 Å². The van der Waals surface area contributed by atoms with Gasteiger partial charge >= 0.3 is 6.85 Å². The summed E-state index contributed by atoms with van der Waals surface area (Å²) in [5.74, 6) is 0. The van der Waals surface area contributed by atoms with Crippen LogP contribution in [0.2, 0.25) is 0 Å². The average Bonchev–Trinajstić information content (AvgIpc) is 4.20.